The molecule has 0 spiro atoms. The molecule has 0 saturated carbocycles. The lowest BCUT2D eigenvalue weighted by molar-refractivity contribution is 0.667. The summed E-state index contributed by atoms with van der Waals surface area (Å²) in [5.74, 6) is 0.610. The van der Waals surface area contributed by atoms with Crippen LogP contribution < -0.4 is 25.6 Å². The lowest BCUT2D eigenvalue weighted by Gasteiger charge is -2.47. The molecule has 303 valence electrons. The van der Waals surface area contributed by atoms with Gasteiger partial charge in [-0.15, -0.1) is 0 Å². The molecular weight excluding hydrogens is 795 g/mol. The molecule has 0 amide bonds. The zero-order valence-electron chi connectivity index (χ0n) is 34.9. The minimum atomic E-state index is -2.77. The molecule has 0 N–H and O–H groups in total. The van der Waals surface area contributed by atoms with Gasteiger partial charge in [0.15, 0.2) is 0 Å². The Bertz CT molecular complexity index is 3320. The first-order valence-corrected chi connectivity index (χ1v) is 23.8. The Labute approximate surface area is 373 Å². The quantitative estimate of drug-likeness (QED) is 0.113. The van der Waals surface area contributed by atoms with Gasteiger partial charge >= 0.3 is 0 Å². The summed E-state index contributed by atoms with van der Waals surface area (Å²) in [6.45, 7) is 0. The van der Waals surface area contributed by atoms with Gasteiger partial charge < -0.3 is 4.42 Å². The molecule has 0 unspecified atom stereocenters. The summed E-state index contributed by atoms with van der Waals surface area (Å²) in [6.07, 6.45) is 1.91. The minimum Gasteiger partial charge on any atom is -0.456 e. The average Bonchev–Trinajstić information content (AvgIpc) is 3.75. The zero-order chi connectivity index (χ0) is 42.5. The summed E-state index contributed by atoms with van der Waals surface area (Å²) in [5.41, 5.74) is 9.65. The molecule has 64 heavy (non-hydrogen) atoms. The molecular formula is C59H41N3OSi-. The van der Waals surface area contributed by atoms with Gasteiger partial charge in [0.25, 0.3) is 0 Å². The van der Waals surface area contributed by atoms with E-state index in [1.165, 1.54) is 26.3 Å². The number of rotatable bonds is 8. The maximum Gasteiger partial charge on any atom is 0.235 e. The predicted molar refractivity (Wildman–Crippen MR) is 265 cm³/mol. The first kappa shape index (κ1) is 37.6. The van der Waals surface area contributed by atoms with E-state index in [9.17, 15) is 0 Å². The number of benzene rings is 9. The van der Waals surface area contributed by atoms with Crippen molar-refractivity contribution in [2.75, 3.05) is 4.90 Å². The molecule has 0 radical (unpaired) electrons. The third-order valence-corrected chi connectivity index (χ3v) is 17.9. The molecule has 1 aliphatic heterocycles. The lowest BCUT2D eigenvalue weighted by Crippen LogP contribution is -2.74. The largest absolute Gasteiger partial charge is 0.456 e. The van der Waals surface area contributed by atoms with Gasteiger partial charge in [-0.05, 0) is 72.3 Å². The molecule has 11 aromatic rings. The maximum absolute atomic E-state index is 6.37. The van der Waals surface area contributed by atoms with E-state index in [4.69, 9.17) is 14.4 Å². The van der Waals surface area contributed by atoms with Crippen molar-refractivity contribution in [1.29, 1.82) is 0 Å². The van der Waals surface area contributed by atoms with Crippen LogP contribution in [0.15, 0.2) is 253 Å². The van der Waals surface area contributed by atoms with Crippen LogP contribution in [0.25, 0.3) is 33.2 Å². The Morgan fingerprint density at radius 1 is 0.406 bits per heavy atom. The van der Waals surface area contributed by atoms with E-state index in [-0.39, 0.29) is 0 Å². The molecule has 0 atom stereocenters. The van der Waals surface area contributed by atoms with Gasteiger partial charge in [-0.2, -0.15) is 20.7 Å². The number of nitrogens with zero attached hydrogens (tertiary/aromatic N) is 3. The Balaban J connectivity index is 1.05. The highest BCUT2D eigenvalue weighted by Gasteiger charge is 2.47. The van der Waals surface area contributed by atoms with Crippen molar-refractivity contribution in [2.45, 2.75) is 5.41 Å². The van der Waals surface area contributed by atoms with Gasteiger partial charge in [0.05, 0.1) is 22.5 Å². The molecule has 0 bridgehead atoms. The third-order valence-electron chi connectivity index (χ3n) is 13.2. The van der Waals surface area contributed by atoms with Crippen molar-refractivity contribution >= 4 is 68.1 Å². The van der Waals surface area contributed by atoms with Gasteiger partial charge in [-0.1, -0.05) is 206 Å². The van der Waals surface area contributed by atoms with Crippen LogP contribution in [0.3, 0.4) is 0 Å². The first-order valence-electron chi connectivity index (χ1n) is 21.8. The zero-order valence-corrected chi connectivity index (χ0v) is 35.9. The van der Waals surface area contributed by atoms with E-state index in [0.29, 0.717) is 5.95 Å². The molecule has 9 aromatic carbocycles. The summed E-state index contributed by atoms with van der Waals surface area (Å²) in [4.78, 5) is 12.8. The molecule has 0 aliphatic carbocycles. The second-order valence-corrected chi connectivity index (χ2v) is 20.3. The fourth-order valence-electron chi connectivity index (χ4n) is 10.5. The van der Waals surface area contributed by atoms with Crippen molar-refractivity contribution in [3.05, 3.63) is 271 Å². The number of para-hydroxylation sites is 3. The number of hydrogen-bond donors (Lipinski definition) is 0. The highest BCUT2D eigenvalue weighted by atomic mass is 28.3. The van der Waals surface area contributed by atoms with Crippen LogP contribution in [0.1, 0.15) is 22.3 Å². The van der Waals surface area contributed by atoms with Crippen LogP contribution in [0.2, 0.25) is 0 Å². The lowest BCUT2D eigenvalue weighted by atomic mass is 9.62. The second kappa shape index (κ2) is 15.3. The summed E-state index contributed by atoms with van der Waals surface area (Å²) in [5, 5.41) is 7.48. The molecule has 4 nitrogen and oxygen atoms in total. The van der Waals surface area contributed by atoms with Crippen LogP contribution in [0.5, 0.6) is 0 Å². The van der Waals surface area contributed by atoms with E-state index in [1.807, 2.05) is 24.4 Å². The fraction of sp³-hybridized carbons (Fsp3) is 0.0169. The summed E-state index contributed by atoms with van der Waals surface area (Å²) >= 11 is 0. The van der Waals surface area contributed by atoms with Crippen LogP contribution >= 0.6 is 0 Å². The number of hydrogen-bond acceptors (Lipinski definition) is 4. The maximum atomic E-state index is 6.37. The Morgan fingerprint density at radius 3 is 1.58 bits per heavy atom. The van der Waals surface area contributed by atoms with E-state index in [2.05, 4.69) is 229 Å². The number of fused-ring (bicyclic) bond motifs is 5. The predicted octanol–water partition coefficient (Wildman–Crippen LogP) is 11.6. The average molecular weight is 836 g/mol. The molecule has 0 saturated heterocycles. The number of anilines is 3. The van der Waals surface area contributed by atoms with E-state index in [1.54, 1.807) is 0 Å². The van der Waals surface area contributed by atoms with Crippen molar-refractivity contribution in [1.82, 2.24) is 9.97 Å². The van der Waals surface area contributed by atoms with Gasteiger partial charge in [0, 0.05) is 17.0 Å². The standard InChI is InChI=1S/C59H41N3OSi/c1-5-21-43(22-6-1)59(44-36-37-57-50(41-44)49-30-13-18-35-56(49)63-57)51-31-14-16-33-54(51)62(55-34-17-15-32-52(55)59)58-60-39-38-53(61-58)42-20-19-29-48(40-42)64(45-23-7-2-8-24-45,46-25-9-3-10-26-46)47-27-11-4-12-28-47/h1-41H/q-1. The molecule has 2 aromatic heterocycles. The molecule has 5 heteroatoms. The molecule has 3 heterocycles. The summed E-state index contributed by atoms with van der Waals surface area (Å²) in [7, 11) is -2.77. The SMILES string of the molecule is c1ccc(C2(c3ccc4oc5ccccc5c4c3)c3ccccc3N(c3nccc(-c4cccc([Si-](c5ccccc5)(c5ccccc5)c5ccccc5)c4)n3)c3ccccc32)cc1. The molecule has 12 rings (SSSR count). The highest BCUT2D eigenvalue weighted by molar-refractivity contribution is 7.19. The van der Waals surface area contributed by atoms with Gasteiger partial charge in [-0.25, -0.2) is 9.97 Å². The van der Waals surface area contributed by atoms with Crippen LogP contribution in [-0.4, -0.2) is 18.0 Å². The van der Waals surface area contributed by atoms with Gasteiger partial charge in [0.2, 0.25) is 5.95 Å². The first-order chi connectivity index (χ1) is 31.7. The second-order valence-electron chi connectivity index (χ2n) is 16.5. The third kappa shape index (κ3) is 5.75. The number of furan rings is 1. The van der Waals surface area contributed by atoms with E-state index < -0.39 is 13.5 Å². The summed E-state index contributed by atoms with van der Waals surface area (Å²) < 4.78 is 6.37. The van der Waals surface area contributed by atoms with Crippen molar-refractivity contribution in [2.24, 2.45) is 0 Å². The smallest absolute Gasteiger partial charge is 0.235 e. The van der Waals surface area contributed by atoms with Gasteiger partial charge in [0.1, 0.15) is 11.2 Å². The van der Waals surface area contributed by atoms with Crippen molar-refractivity contribution < 1.29 is 4.42 Å². The summed E-state index contributed by atoms with van der Waals surface area (Å²) in [6, 6.07) is 87.7. The van der Waals surface area contributed by atoms with Crippen molar-refractivity contribution in [3.63, 3.8) is 0 Å². The minimum absolute atomic E-state index is 0.610. The van der Waals surface area contributed by atoms with Crippen LogP contribution in [0.4, 0.5) is 17.3 Å². The van der Waals surface area contributed by atoms with Crippen molar-refractivity contribution in [3.8, 4) is 11.3 Å². The normalized spacial score (nSPS) is 13.1. The Morgan fingerprint density at radius 2 is 0.938 bits per heavy atom. The Kier molecular flexibility index (Phi) is 9.02. The van der Waals surface area contributed by atoms with Crippen LogP contribution in [0, 0.1) is 0 Å². The van der Waals surface area contributed by atoms with Gasteiger partial charge in [-0.3, -0.25) is 4.90 Å². The van der Waals surface area contributed by atoms with E-state index in [0.717, 1.165) is 61.3 Å². The Hall–Kier alpha value is -8.12. The van der Waals surface area contributed by atoms with E-state index >= 15 is 0 Å². The highest BCUT2D eigenvalue weighted by Crippen LogP contribution is 2.57. The number of aromatic nitrogens is 2. The molecule has 1 aliphatic rings. The van der Waals surface area contributed by atoms with Crippen LogP contribution in [-0.2, 0) is 5.41 Å². The fourth-order valence-corrected chi connectivity index (χ4v) is 15.3. The molecule has 0 fully saturated rings. The monoisotopic (exact) mass is 835 g/mol. The topological polar surface area (TPSA) is 42.2 Å².